The second-order valence-corrected chi connectivity index (χ2v) is 5.70. The van der Waals surface area contributed by atoms with Crippen molar-refractivity contribution in [1.29, 1.82) is 0 Å². The van der Waals surface area contributed by atoms with Gasteiger partial charge in [0.15, 0.2) is 0 Å². The molecule has 1 N–H and O–H groups in total. The van der Waals surface area contributed by atoms with Gasteiger partial charge in [-0.1, -0.05) is 12.2 Å². The number of nitrogens with one attached hydrogen (secondary N) is 1. The zero-order valence-electron chi connectivity index (χ0n) is 11.2. The quantitative estimate of drug-likeness (QED) is 0.512. The van der Waals surface area contributed by atoms with E-state index >= 15 is 0 Å². The van der Waals surface area contributed by atoms with Crippen LogP contribution in [0.25, 0.3) is 0 Å². The monoisotopic (exact) mass is 258 g/mol. The number of nitrogens with zero attached hydrogens (tertiary/aromatic N) is 1. The van der Waals surface area contributed by atoms with Crippen molar-refractivity contribution in [2.75, 3.05) is 5.32 Å². The van der Waals surface area contributed by atoms with E-state index in [1.54, 1.807) is 13.0 Å². The van der Waals surface area contributed by atoms with Crippen molar-refractivity contribution in [1.82, 2.24) is 0 Å². The number of nitro benzene ring substituents is 1. The van der Waals surface area contributed by atoms with Crippen LogP contribution in [-0.2, 0) is 0 Å². The second-order valence-electron chi connectivity index (χ2n) is 5.70. The highest BCUT2D eigenvalue weighted by atomic mass is 16.6. The summed E-state index contributed by atoms with van der Waals surface area (Å²) in [6.07, 6.45) is 6.98. The molecular formula is C15H18N2O2. The fourth-order valence-electron chi connectivity index (χ4n) is 3.24. The predicted octanol–water partition coefficient (Wildman–Crippen LogP) is 3.59. The molecule has 3 rings (SSSR count). The van der Waals surface area contributed by atoms with E-state index in [2.05, 4.69) is 17.5 Å². The summed E-state index contributed by atoms with van der Waals surface area (Å²) < 4.78 is 0. The third-order valence-corrected chi connectivity index (χ3v) is 4.44. The van der Waals surface area contributed by atoms with E-state index in [4.69, 9.17) is 0 Å². The van der Waals surface area contributed by atoms with Crippen LogP contribution in [0.1, 0.15) is 24.0 Å². The van der Waals surface area contributed by atoms with Crippen molar-refractivity contribution >= 4 is 11.4 Å². The molecule has 0 spiro atoms. The summed E-state index contributed by atoms with van der Waals surface area (Å²) in [5.41, 5.74) is 2.90. The third kappa shape index (κ3) is 2.01. The Morgan fingerprint density at radius 3 is 2.79 bits per heavy atom. The number of anilines is 1. The summed E-state index contributed by atoms with van der Waals surface area (Å²) >= 11 is 0. The van der Waals surface area contributed by atoms with Gasteiger partial charge in [-0.25, -0.2) is 0 Å². The number of hydrogen-bond donors (Lipinski definition) is 1. The predicted molar refractivity (Wildman–Crippen MR) is 75.3 cm³/mol. The normalized spacial score (nSPS) is 27.8. The average Bonchev–Trinajstić information content (AvgIpc) is 2.71. The first-order valence-electron chi connectivity index (χ1n) is 6.75. The smallest absolute Gasteiger partial charge is 0.272 e. The van der Waals surface area contributed by atoms with E-state index in [1.807, 2.05) is 13.0 Å². The van der Waals surface area contributed by atoms with Gasteiger partial charge in [-0.05, 0) is 44.2 Å². The van der Waals surface area contributed by atoms with Crippen molar-refractivity contribution < 1.29 is 4.92 Å². The molecule has 1 aromatic rings. The molecule has 0 radical (unpaired) electrons. The molecule has 0 aliphatic heterocycles. The first-order valence-corrected chi connectivity index (χ1v) is 6.75. The van der Waals surface area contributed by atoms with Gasteiger partial charge in [0.25, 0.3) is 5.69 Å². The summed E-state index contributed by atoms with van der Waals surface area (Å²) in [6.45, 7) is 3.72. The SMILES string of the molecule is Cc1cc([N+](=O)[O-])c(C)cc1NC1CC2CC=CC21. The minimum atomic E-state index is -0.314. The fraction of sp³-hybridized carbons (Fsp3) is 0.467. The molecule has 100 valence electrons. The zero-order chi connectivity index (χ0) is 13.6. The third-order valence-electron chi connectivity index (χ3n) is 4.44. The highest BCUT2D eigenvalue weighted by Gasteiger charge is 2.41. The van der Waals surface area contributed by atoms with Crippen LogP contribution in [0.4, 0.5) is 11.4 Å². The molecule has 1 saturated carbocycles. The average molecular weight is 258 g/mol. The van der Waals surface area contributed by atoms with Crippen LogP contribution in [0.5, 0.6) is 0 Å². The van der Waals surface area contributed by atoms with Gasteiger partial charge in [-0.15, -0.1) is 0 Å². The maximum absolute atomic E-state index is 10.9. The Labute approximate surface area is 112 Å². The number of hydrogen-bond acceptors (Lipinski definition) is 3. The van der Waals surface area contributed by atoms with Crippen LogP contribution < -0.4 is 5.32 Å². The summed E-state index contributed by atoms with van der Waals surface area (Å²) in [6, 6.07) is 4.06. The Morgan fingerprint density at radius 2 is 2.11 bits per heavy atom. The standard InChI is InChI=1S/C15H18N2O2/c1-9-7-15(17(18)19)10(2)6-13(9)16-14-8-11-4-3-5-12(11)14/h3,5-7,11-12,14,16H,4,8H2,1-2H3. The van der Waals surface area contributed by atoms with Gasteiger partial charge in [0.1, 0.15) is 0 Å². The number of rotatable bonds is 3. The summed E-state index contributed by atoms with van der Waals surface area (Å²) in [4.78, 5) is 10.6. The number of allylic oxidation sites excluding steroid dienone is 1. The van der Waals surface area contributed by atoms with Gasteiger partial charge in [-0.2, -0.15) is 0 Å². The van der Waals surface area contributed by atoms with Crippen LogP contribution in [-0.4, -0.2) is 11.0 Å². The molecular weight excluding hydrogens is 240 g/mol. The fourth-order valence-corrected chi connectivity index (χ4v) is 3.24. The first-order chi connectivity index (χ1) is 9.06. The topological polar surface area (TPSA) is 55.2 Å². The van der Waals surface area contributed by atoms with Crippen LogP contribution in [0.3, 0.4) is 0 Å². The van der Waals surface area contributed by atoms with Gasteiger partial charge in [0.2, 0.25) is 0 Å². The molecule has 1 aromatic carbocycles. The van der Waals surface area contributed by atoms with E-state index in [0.717, 1.165) is 22.7 Å². The molecule has 19 heavy (non-hydrogen) atoms. The number of nitro groups is 1. The Balaban J connectivity index is 1.80. The van der Waals surface area contributed by atoms with Crippen molar-refractivity contribution in [3.05, 3.63) is 45.5 Å². The number of aryl methyl sites for hydroxylation is 2. The minimum Gasteiger partial charge on any atom is -0.381 e. The minimum absolute atomic E-state index is 0.204. The van der Waals surface area contributed by atoms with Crippen molar-refractivity contribution in [2.24, 2.45) is 11.8 Å². The zero-order valence-corrected chi connectivity index (χ0v) is 11.2. The molecule has 4 nitrogen and oxygen atoms in total. The maximum atomic E-state index is 10.9. The lowest BCUT2D eigenvalue weighted by Crippen LogP contribution is -2.43. The molecule has 0 aromatic heterocycles. The van der Waals surface area contributed by atoms with Crippen molar-refractivity contribution in [3.8, 4) is 0 Å². The molecule has 2 aliphatic carbocycles. The highest BCUT2D eigenvalue weighted by Crippen LogP contribution is 2.44. The van der Waals surface area contributed by atoms with Gasteiger partial charge < -0.3 is 5.32 Å². The van der Waals surface area contributed by atoms with Gasteiger partial charge in [-0.3, -0.25) is 10.1 Å². The number of benzene rings is 1. The van der Waals surface area contributed by atoms with Crippen LogP contribution in [0, 0.1) is 35.8 Å². The van der Waals surface area contributed by atoms with E-state index in [1.165, 1.54) is 12.8 Å². The molecule has 3 atom stereocenters. The van der Waals surface area contributed by atoms with E-state index < -0.39 is 0 Å². The molecule has 0 amide bonds. The second kappa shape index (κ2) is 4.37. The van der Waals surface area contributed by atoms with Crippen LogP contribution in [0.2, 0.25) is 0 Å². The molecule has 0 heterocycles. The van der Waals surface area contributed by atoms with Crippen molar-refractivity contribution in [3.63, 3.8) is 0 Å². The maximum Gasteiger partial charge on any atom is 0.272 e. The number of fused-ring (bicyclic) bond motifs is 1. The van der Waals surface area contributed by atoms with Gasteiger partial charge >= 0.3 is 0 Å². The molecule has 1 fully saturated rings. The van der Waals surface area contributed by atoms with E-state index in [-0.39, 0.29) is 10.6 Å². The Kier molecular flexibility index (Phi) is 2.81. The summed E-state index contributed by atoms with van der Waals surface area (Å²) in [7, 11) is 0. The Bertz CT molecular complexity index is 566. The molecule has 0 saturated heterocycles. The molecule has 3 unspecified atom stereocenters. The van der Waals surface area contributed by atoms with Crippen LogP contribution in [0.15, 0.2) is 24.3 Å². The van der Waals surface area contributed by atoms with Crippen molar-refractivity contribution in [2.45, 2.75) is 32.7 Å². The lowest BCUT2D eigenvalue weighted by Gasteiger charge is -2.41. The lowest BCUT2D eigenvalue weighted by molar-refractivity contribution is -0.385. The molecule has 2 aliphatic rings. The lowest BCUT2D eigenvalue weighted by atomic mass is 9.71. The first kappa shape index (κ1) is 12.2. The molecule has 0 bridgehead atoms. The summed E-state index contributed by atoms with van der Waals surface area (Å²) in [5.74, 6) is 1.46. The molecule has 4 heteroatoms. The summed E-state index contributed by atoms with van der Waals surface area (Å²) in [5, 5.41) is 14.5. The Hall–Kier alpha value is -1.84. The van der Waals surface area contributed by atoms with Gasteiger partial charge in [0.05, 0.1) is 4.92 Å². The largest absolute Gasteiger partial charge is 0.381 e. The van der Waals surface area contributed by atoms with E-state index in [9.17, 15) is 10.1 Å². The highest BCUT2D eigenvalue weighted by molar-refractivity contribution is 5.60. The van der Waals surface area contributed by atoms with Gasteiger partial charge in [0, 0.05) is 29.3 Å². The Morgan fingerprint density at radius 1 is 1.32 bits per heavy atom. The van der Waals surface area contributed by atoms with Crippen LogP contribution >= 0.6 is 0 Å². The van der Waals surface area contributed by atoms with E-state index in [0.29, 0.717) is 12.0 Å².